The van der Waals surface area contributed by atoms with E-state index >= 15 is 0 Å². The van der Waals surface area contributed by atoms with Crippen LogP contribution >= 0.6 is 0 Å². The van der Waals surface area contributed by atoms with Gasteiger partial charge in [0.25, 0.3) is 0 Å². The SMILES string of the molecule is CN1C2CCC1CC(C(Cc1cnn(C)c1)NN)C2. The molecule has 0 radical (unpaired) electrons. The summed E-state index contributed by atoms with van der Waals surface area (Å²) in [6.45, 7) is 0. The van der Waals surface area contributed by atoms with E-state index in [4.69, 9.17) is 5.84 Å². The molecule has 0 amide bonds. The lowest BCUT2D eigenvalue weighted by Crippen LogP contribution is -2.49. The molecule has 1 aromatic rings. The van der Waals surface area contributed by atoms with Crippen molar-refractivity contribution in [2.24, 2.45) is 18.8 Å². The van der Waals surface area contributed by atoms with Crippen LogP contribution in [-0.2, 0) is 13.5 Å². The van der Waals surface area contributed by atoms with Crippen LogP contribution in [-0.4, -0.2) is 39.9 Å². The molecule has 0 aromatic carbocycles. The molecule has 2 aliphatic heterocycles. The number of rotatable bonds is 4. The fourth-order valence-corrected chi connectivity index (χ4v) is 3.98. The van der Waals surface area contributed by atoms with Gasteiger partial charge in [-0.1, -0.05) is 0 Å². The van der Waals surface area contributed by atoms with E-state index in [0.29, 0.717) is 12.0 Å². The molecule has 2 aliphatic rings. The molecule has 2 bridgehead atoms. The van der Waals surface area contributed by atoms with Crippen molar-refractivity contribution in [2.45, 2.75) is 50.2 Å². The summed E-state index contributed by atoms with van der Waals surface area (Å²) in [6, 6.07) is 1.92. The van der Waals surface area contributed by atoms with E-state index < -0.39 is 0 Å². The van der Waals surface area contributed by atoms with Crippen LogP contribution in [0.2, 0.25) is 0 Å². The van der Waals surface area contributed by atoms with Gasteiger partial charge in [0.1, 0.15) is 0 Å². The van der Waals surface area contributed by atoms with Gasteiger partial charge in [0.2, 0.25) is 0 Å². The number of nitrogens with two attached hydrogens (primary N) is 1. The Morgan fingerprint density at radius 2 is 2.05 bits per heavy atom. The first-order chi connectivity index (χ1) is 9.17. The van der Waals surface area contributed by atoms with Gasteiger partial charge in [-0.2, -0.15) is 5.10 Å². The summed E-state index contributed by atoms with van der Waals surface area (Å²) in [5.41, 5.74) is 4.33. The zero-order valence-electron chi connectivity index (χ0n) is 11.9. The van der Waals surface area contributed by atoms with Crippen molar-refractivity contribution >= 4 is 0 Å². The number of hydrazine groups is 1. The Morgan fingerprint density at radius 1 is 1.37 bits per heavy atom. The van der Waals surface area contributed by atoms with Gasteiger partial charge in [-0.3, -0.25) is 16.0 Å². The van der Waals surface area contributed by atoms with E-state index in [2.05, 4.69) is 28.7 Å². The Hall–Kier alpha value is -0.910. The third-order valence-corrected chi connectivity index (χ3v) is 5.13. The van der Waals surface area contributed by atoms with Gasteiger partial charge < -0.3 is 4.90 Å². The number of aromatic nitrogens is 2. The van der Waals surface area contributed by atoms with Gasteiger partial charge in [0.15, 0.2) is 0 Å². The Bertz CT molecular complexity index is 415. The smallest absolute Gasteiger partial charge is 0.0522 e. The molecule has 3 unspecified atom stereocenters. The molecular formula is C14H25N5. The van der Waals surface area contributed by atoms with Crippen molar-refractivity contribution in [1.82, 2.24) is 20.1 Å². The van der Waals surface area contributed by atoms with E-state index in [-0.39, 0.29) is 0 Å². The monoisotopic (exact) mass is 263 g/mol. The molecule has 0 spiro atoms. The Balaban J connectivity index is 1.66. The molecule has 106 valence electrons. The number of nitrogens with one attached hydrogen (secondary N) is 1. The largest absolute Gasteiger partial charge is 0.300 e. The normalized spacial score (nSPS) is 32.7. The molecule has 2 fully saturated rings. The minimum absolute atomic E-state index is 0.376. The number of piperidine rings is 1. The number of hydrogen-bond donors (Lipinski definition) is 2. The maximum atomic E-state index is 5.81. The highest BCUT2D eigenvalue weighted by atomic mass is 15.3. The topological polar surface area (TPSA) is 59.1 Å². The van der Waals surface area contributed by atoms with Crippen LogP contribution in [0, 0.1) is 5.92 Å². The molecule has 3 atom stereocenters. The van der Waals surface area contributed by atoms with Crippen LogP contribution in [0.3, 0.4) is 0 Å². The van der Waals surface area contributed by atoms with E-state index in [1.54, 1.807) is 0 Å². The Morgan fingerprint density at radius 3 is 2.58 bits per heavy atom. The highest BCUT2D eigenvalue weighted by Gasteiger charge is 2.40. The van der Waals surface area contributed by atoms with Crippen LogP contribution in [0.1, 0.15) is 31.2 Å². The van der Waals surface area contributed by atoms with Crippen LogP contribution in [0.25, 0.3) is 0 Å². The number of nitrogens with zero attached hydrogens (tertiary/aromatic N) is 3. The second-order valence-corrected chi connectivity index (χ2v) is 6.28. The number of aryl methyl sites for hydroxylation is 1. The van der Waals surface area contributed by atoms with Gasteiger partial charge in [0.05, 0.1) is 6.20 Å². The van der Waals surface area contributed by atoms with Crippen LogP contribution in [0.5, 0.6) is 0 Å². The highest BCUT2D eigenvalue weighted by molar-refractivity contribution is 5.08. The van der Waals surface area contributed by atoms with Crippen LogP contribution in [0.4, 0.5) is 0 Å². The highest BCUT2D eigenvalue weighted by Crippen LogP contribution is 2.39. The summed E-state index contributed by atoms with van der Waals surface area (Å²) in [5, 5.41) is 4.24. The van der Waals surface area contributed by atoms with Gasteiger partial charge in [-0.05, 0) is 50.6 Å². The van der Waals surface area contributed by atoms with Crippen molar-refractivity contribution in [2.75, 3.05) is 7.05 Å². The first-order valence-electron chi connectivity index (χ1n) is 7.33. The van der Waals surface area contributed by atoms with Gasteiger partial charge in [0, 0.05) is 31.4 Å². The maximum Gasteiger partial charge on any atom is 0.0522 e. The van der Waals surface area contributed by atoms with Crippen molar-refractivity contribution in [1.29, 1.82) is 0 Å². The molecule has 2 saturated heterocycles. The lowest BCUT2D eigenvalue weighted by Gasteiger charge is -2.39. The van der Waals surface area contributed by atoms with Crippen molar-refractivity contribution in [3.05, 3.63) is 18.0 Å². The predicted octanol–water partition coefficient (Wildman–Crippen LogP) is 0.667. The summed E-state index contributed by atoms with van der Waals surface area (Å²) < 4.78 is 1.86. The molecule has 0 saturated carbocycles. The first-order valence-corrected chi connectivity index (χ1v) is 7.33. The van der Waals surface area contributed by atoms with E-state index in [9.17, 15) is 0 Å². The third kappa shape index (κ3) is 2.55. The quantitative estimate of drug-likeness (QED) is 0.619. The molecule has 5 nitrogen and oxygen atoms in total. The maximum absolute atomic E-state index is 5.81. The van der Waals surface area contributed by atoms with Crippen molar-refractivity contribution < 1.29 is 0 Å². The first kappa shape index (κ1) is 13.1. The molecular weight excluding hydrogens is 238 g/mol. The lowest BCUT2D eigenvalue weighted by molar-refractivity contribution is 0.112. The van der Waals surface area contributed by atoms with Gasteiger partial charge in [-0.15, -0.1) is 0 Å². The Labute approximate surface area is 115 Å². The Kier molecular flexibility index (Phi) is 3.60. The van der Waals surface area contributed by atoms with Crippen LogP contribution in [0.15, 0.2) is 12.4 Å². The van der Waals surface area contributed by atoms with E-state index in [1.165, 1.54) is 31.2 Å². The van der Waals surface area contributed by atoms with Crippen LogP contribution < -0.4 is 11.3 Å². The summed E-state index contributed by atoms with van der Waals surface area (Å²) in [6.07, 6.45) is 10.3. The predicted molar refractivity (Wildman–Crippen MR) is 75.3 cm³/mol. The molecule has 1 aromatic heterocycles. The number of hydrogen-bond acceptors (Lipinski definition) is 4. The van der Waals surface area contributed by atoms with E-state index in [0.717, 1.165) is 18.5 Å². The standard InChI is InChI=1S/C14H25N5/c1-18-9-10(8-16-18)5-14(17-15)11-6-12-3-4-13(7-11)19(12)2/h8-9,11-14,17H,3-7,15H2,1-2H3. The summed E-state index contributed by atoms with van der Waals surface area (Å²) in [5.74, 6) is 6.51. The second kappa shape index (κ2) is 5.23. The fraction of sp³-hybridized carbons (Fsp3) is 0.786. The summed E-state index contributed by atoms with van der Waals surface area (Å²) in [7, 11) is 4.24. The van der Waals surface area contributed by atoms with Crippen molar-refractivity contribution in [3.63, 3.8) is 0 Å². The fourth-order valence-electron chi connectivity index (χ4n) is 3.98. The summed E-state index contributed by atoms with van der Waals surface area (Å²) >= 11 is 0. The number of fused-ring (bicyclic) bond motifs is 2. The average molecular weight is 263 g/mol. The molecule has 3 rings (SSSR count). The second-order valence-electron chi connectivity index (χ2n) is 6.28. The molecule has 3 heterocycles. The summed E-state index contributed by atoms with van der Waals surface area (Å²) in [4.78, 5) is 2.58. The zero-order chi connectivity index (χ0) is 13.4. The van der Waals surface area contributed by atoms with Gasteiger partial charge in [-0.25, -0.2) is 0 Å². The average Bonchev–Trinajstić information content (AvgIpc) is 2.87. The minimum atomic E-state index is 0.376. The van der Waals surface area contributed by atoms with E-state index in [1.807, 2.05) is 17.9 Å². The molecule has 19 heavy (non-hydrogen) atoms. The molecule has 0 aliphatic carbocycles. The zero-order valence-corrected chi connectivity index (χ0v) is 11.9. The lowest BCUT2D eigenvalue weighted by atomic mass is 9.83. The van der Waals surface area contributed by atoms with Gasteiger partial charge >= 0.3 is 0 Å². The minimum Gasteiger partial charge on any atom is -0.300 e. The molecule has 5 heteroatoms. The van der Waals surface area contributed by atoms with Crippen molar-refractivity contribution in [3.8, 4) is 0 Å². The third-order valence-electron chi connectivity index (χ3n) is 5.13. The molecule has 3 N–H and O–H groups in total.